The summed E-state index contributed by atoms with van der Waals surface area (Å²) in [5, 5.41) is 4.24. The van der Waals surface area contributed by atoms with Gasteiger partial charge in [-0.1, -0.05) is 0 Å². The number of aryl methyl sites for hydroxylation is 2. The van der Waals surface area contributed by atoms with Crippen LogP contribution in [-0.2, 0) is 16.0 Å². The van der Waals surface area contributed by atoms with Gasteiger partial charge < -0.3 is 9.64 Å². The van der Waals surface area contributed by atoms with E-state index in [0.29, 0.717) is 30.6 Å². The Balaban J connectivity index is 1.42. The van der Waals surface area contributed by atoms with E-state index in [2.05, 4.69) is 24.9 Å². The standard InChI is InChI=1S/C20H30N6O2/c1-14-18(15(2)26-20(23-14)21-13-22-26)6-7-19(27)25-11-16-4-5-17(12-25)24(10-16)8-9-28-3/h13,16-17H,4-12H2,1-3H3/t16-,17-/m1/s1. The molecule has 0 unspecified atom stereocenters. The quantitative estimate of drug-likeness (QED) is 0.744. The Morgan fingerprint density at radius 2 is 2.11 bits per heavy atom. The van der Waals surface area contributed by atoms with Gasteiger partial charge in [0.2, 0.25) is 5.91 Å². The molecular formula is C20H30N6O2. The fourth-order valence-corrected chi connectivity index (χ4v) is 4.77. The molecule has 3 fully saturated rings. The molecule has 0 radical (unpaired) electrons. The molecular weight excluding hydrogens is 356 g/mol. The topological polar surface area (TPSA) is 75.9 Å². The number of rotatable bonds is 6. The van der Waals surface area contributed by atoms with Crippen LogP contribution in [0.4, 0.5) is 0 Å². The van der Waals surface area contributed by atoms with Gasteiger partial charge >= 0.3 is 0 Å². The molecule has 0 spiro atoms. The molecule has 3 saturated heterocycles. The summed E-state index contributed by atoms with van der Waals surface area (Å²) in [5.74, 6) is 1.45. The third-order valence-corrected chi connectivity index (χ3v) is 6.34. The van der Waals surface area contributed by atoms with Crippen molar-refractivity contribution >= 4 is 11.7 Å². The normalized spacial score (nSPS) is 22.8. The minimum atomic E-state index is 0.253. The maximum Gasteiger partial charge on any atom is 0.252 e. The summed E-state index contributed by atoms with van der Waals surface area (Å²) in [4.78, 5) is 26.3. The Morgan fingerprint density at radius 1 is 1.25 bits per heavy atom. The van der Waals surface area contributed by atoms with Crippen molar-refractivity contribution in [1.82, 2.24) is 29.4 Å². The first-order valence-electron chi connectivity index (χ1n) is 10.2. The molecule has 5 rings (SSSR count). The van der Waals surface area contributed by atoms with Crippen molar-refractivity contribution < 1.29 is 9.53 Å². The lowest BCUT2D eigenvalue weighted by molar-refractivity contribution is -0.131. The summed E-state index contributed by atoms with van der Waals surface area (Å²) in [6, 6.07) is 0.467. The van der Waals surface area contributed by atoms with Crippen LogP contribution in [0.2, 0.25) is 0 Å². The highest BCUT2D eigenvalue weighted by atomic mass is 16.5. The van der Waals surface area contributed by atoms with Gasteiger partial charge in [0.1, 0.15) is 6.33 Å². The van der Waals surface area contributed by atoms with Gasteiger partial charge in [-0.25, -0.2) is 9.50 Å². The molecule has 0 aliphatic carbocycles. The van der Waals surface area contributed by atoms with Gasteiger partial charge in [0.15, 0.2) is 0 Å². The van der Waals surface area contributed by atoms with Crippen LogP contribution in [0.25, 0.3) is 5.78 Å². The van der Waals surface area contributed by atoms with Crippen molar-refractivity contribution in [2.24, 2.45) is 5.92 Å². The number of aromatic nitrogens is 4. The zero-order chi connectivity index (χ0) is 19.7. The highest BCUT2D eigenvalue weighted by Crippen LogP contribution is 2.28. The monoisotopic (exact) mass is 386 g/mol. The number of piperidine rings is 1. The number of amides is 1. The average molecular weight is 387 g/mol. The maximum atomic E-state index is 13.0. The average Bonchev–Trinajstić information content (AvgIpc) is 2.96. The van der Waals surface area contributed by atoms with Crippen LogP contribution in [0.15, 0.2) is 6.33 Å². The third-order valence-electron chi connectivity index (χ3n) is 6.34. The van der Waals surface area contributed by atoms with Crippen LogP contribution in [0.3, 0.4) is 0 Å². The van der Waals surface area contributed by atoms with Crippen LogP contribution in [0.5, 0.6) is 0 Å². The molecule has 2 aromatic rings. The van der Waals surface area contributed by atoms with E-state index in [-0.39, 0.29) is 5.91 Å². The number of fused-ring (bicyclic) bond motifs is 5. The lowest BCUT2D eigenvalue weighted by Gasteiger charge is -2.35. The van der Waals surface area contributed by atoms with Gasteiger partial charge in [0, 0.05) is 57.1 Å². The summed E-state index contributed by atoms with van der Waals surface area (Å²) in [7, 11) is 1.75. The van der Waals surface area contributed by atoms with Crippen molar-refractivity contribution in [3.63, 3.8) is 0 Å². The zero-order valence-corrected chi connectivity index (χ0v) is 17.1. The second-order valence-corrected chi connectivity index (χ2v) is 8.12. The molecule has 3 aliphatic rings. The molecule has 2 bridgehead atoms. The molecule has 28 heavy (non-hydrogen) atoms. The molecule has 2 atom stereocenters. The molecule has 0 N–H and O–H groups in total. The van der Waals surface area contributed by atoms with Crippen molar-refractivity contribution in [3.8, 4) is 0 Å². The fourth-order valence-electron chi connectivity index (χ4n) is 4.77. The predicted molar refractivity (Wildman–Crippen MR) is 105 cm³/mol. The lowest BCUT2D eigenvalue weighted by Crippen LogP contribution is -2.45. The summed E-state index contributed by atoms with van der Waals surface area (Å²) < 4.78 is 7.02. The van der Waals surface area contributed by atoms with E-state index in [1.807, 2.05) is 13.8 Å². The highest BCUT2D eigenvalue weighted by Gasteiger charge is 2.36. The van der Waals surface area contributed by atoms with Gasteiger partial charge in [-0.3, -0.25) is 9.69 Å². The van der Waals surface area contributed by atoms with Gasteiger partial charge in [-0.05, 0) is 44.6 Å². The number of ether oxygens (including phenoxy) is 1. The van der Waals surface area contributed by atoms with Crippen LogP contribution < -0.4 is 0 Å². The van der Waals surface area contributed by atoms with Crippen molar-refractivity contribution in [1.29, 1.82) is 0 Å². The van der Waals surface area contributed by atoms with E-state index in [9.17, 15) is 4.79 Å². The van der Waals surface area contributed by atoms with E-state index in [4.69, 9.17) is 4.74 Å². The zero-order valence-electron chi connectivity index (χ0n) is 17.1. The van der Waals surface area contributed by atoms with Gasteiger partial charge in [-0.2, -0.15) is 10.1 Å². The summed E-state index contributed by atoms with van der Waals surface area (Å²) >= 11 is 0. The number of carbonyl (C=O) groups is 1. The Morgan fingerprint density at radius 3 is 2.93 bits per heavy atom. The Hall–Kier alpha value is -2.06. The number of hydrogen-bond acceptors (Lipinski definition) is 6. The van der Waals surface area contributed by atoms with Crippen molar-refractivity contribution in [2.75, 3.05) is 39.9 Å². The molecule has 1 amide bonds. The smallest absolute Gasteiger partial charge is 0.252 e. The lowest BCUT2D eigenvalue weighted by atomic mass is 9.95. The van der Waals surface area contributed by atoms with Crippen LogP contribution in [0, 0.1) is 19.8 Å². The van der Waals surface area contributed by atoms with E-state index < -0.39 is 0 Å². The molecule has 8 heteroatoms. The molecule has 3 aliphatic heterocycles. The van der Waals surface area contributed by atoms with E-state index >= 15 is 0 Å². The second-order valence-electron chi connectivity index (χ2n) is 8.12. The number of carbonyl (C=O) groups excluding carboxylic acids is 1. The highest BCUT2D eigenvalue weighted by molar-refractivity contribution is 5.76. The first-order valence-corrected chi connectivity index (χ1v) is 10.2. The van der Waals surface area contributed by atoms with Gasteiger partial charge in [-0.15, -0.1) is 0 Å². The largest absolute Gasteiger partial charge is 0.383 e. The first-order chi connectivity index (χ1) is 13.6. The Kier molecular flexibility index (Phi) is 5.59. The maximum absolute atomic E-state index is 13.0. The first kappa shape index (κ1) is 19.3. The molecule has 152 valence electrons. The Labute approximate surface area is 165 Å². The van der Waals surface area contributed by atoms with Gasteiger partial charge in [0.25, 0.3) is 5.78 Å². The fraction of sp³-hybridized carbons (Fsp3) is 0.700. The Bertz CT molecular complexity index is 851. The summed E-state index contributed by atoms with van der Waals surface area (Å²) in [6.45, 7) is 8.55. The van der Waals surface area contributed by atoms with Crippen LogP contribution >= 0.6 is 0 Å². The summed E-state index contributed by atoms with van der Waals surface area (Å²) in [6.07, 6.45) is 5.14. The van der Waals surface area contributed by atoms with E-state index in [1.165, 1.54) is 19.2 Å². The third kappa shape index (κ3) is 3.75. The van der Waals surface area contributed by atoms with Crippen LogP contribution in [-0.4, -0.2) is 81.2 Å². The minimum Gasteiger partial charge on any atom is -0.383 e. The molecule has 5 heterocycles. The number of hydrogen-bond donors (Lipinski definition) is 0. The number of nitrogens with zero attached hydrogens (tertiary/aromatic N) is 6. The SMILES string of the molecule is COCCN1C[C@H]2CC[C@@H]1CN(C(=O)CCc1c(C)nc3ncnn3c1C)C2. The molecule has 0 saturated carbocycles. The molecule has 2 aromatic heterocycles. The minimum absolute atomic E-state index is 0.253. The van der Waals surface area contributed by atoms with E-state index in [0.717, 1.165) is 49.7 Å². The van der Waals surface area contributed by atoms with Crippen LogP contribution in [0.1, 0.15) is 36.2 Å². The second kappa shape index (κ2) is 8.13. The molecule has 8 nitrogen and oxygen atoms in total. The van der Waals surface area contributed by atoms with Crippen molar-refractivity contribution in [3.05, 3.63) is 23.3 Å². The van der Waals surface area contributed by atoms with Crippen molar-refractivity contribution in [2.45, 2.75) is 45.6 Å². The van der Waals surface area contributed by atoms with E-state index in [1.54, 1.807) is 11.6 Å². The predicted octanol–water partition coefficient (Wildman–Crippen LogP) is 1.24. The number of methoxy groups -OCH3 is 1. The summed E-state index contributed by atoms with van der Waals surface area (Å²) in [5.41, 5.74) is 3.06. The van der Waals surface area contributed by atoms with Gasteiger partial charge in [0.05, 0.1) is 6.61 Å². The molecule has 0 aromatic carbocycles.